The zero-order valence-electron chi connectivity index (χ0n) is 12.1. The number of esters is 1. The second kappa shape index (κ2) is 5.55. The summed E-state index contributed by atoms with van der Waals surface area (Å²) in [6.07, 6.45) is 8.23. The Hall–Kier alpha value is -1.76. The molecule has 3 rings (SSSR count). The number of aromatic nitrogens is 3. The number of fused-ring (bicyclic) bond motifs is 1. The fourth-order valence-corrected chi connectivity index (χ4v) is 3.55. The minimum Gasteiger partial charge on any atom is -0.469 e. The van der Waals surface area contributed by atoms with Crippen LogP contribution in [-0.2, 0) is 9.53 Å². The lowest BCUT2D eigenvalue weighted by Crippen LogP contribution is -2.13. The molecule has 1 N–H and O–H groups in total. The fraction of sp³-hybridized carbons (Fsp3) is 0.500. The molecular weight excluding hydrogens is 288 g/mol. The zero-order chi connectivity index (χ0) is 14.9. The predicted octanol–water partition coefficient (Wildman–Crippen LogP) is 2.21. The van der Waals surface area contributed by atoms with Gasteiger partial charge < -0.3 is 14.5 Å². The Kier molecular flexibility index (Phi) is 3.75. The third-order valence-electron chi connectivity index (χ3n) is 3.82. The van der Waals surface area contributed by atoms with Gasteiger partial charge in [-0.1, -0.05) is 0 Å². The van der Waals surface area contributed by atoms with Crippen molar-refractivity contribution in [2.75, 3.05) is 25.2 Å². The Morgan fingerprint density at radius 3 is 3.05 bits per heavy atom. The number of imidazole rings is 1. The van der Waals surface area contributed by atoms with Crippen LogP contribution in [0.3, 0.4) is 0 Å². The average Bonchev–Trinajstić information content (AvgIpc) is 3.09. The number of thioether (sulfide) groups is 1. The first-order valence-electron chi connectivity index (χ1n) is 6.87. The largest absolute Gasteiger partial charge is 0.469 e. The molecule has 112 valence electrons. The molecule has 21 heavy (non-hydrogen) atoms. The number of nitrogens with zero attached hydrogens (tertiary/aromatic N) is 3. The highest BCUT2D eigenvalue weighted by Crippen LogP contribution is 2.52. The maximum absolute atomic E-state index is 11.5. The summed E-state index contributed by atoms with van der Waals surface area (Å²) in [5, 5.41) is 3.95. The van der Waals surface area contributed by atoms with Gasteiger partial charge in [-0.3, -0.25) is 4.79 Å². The number of hydrogen-bond donors (Lipinski definition) is 1. The van der Waals surface area contributed by atoms with Gasteiger partial charge in [0.25, 0.3) is 0 Å². The zero-order valence-corrected chi connectivity index (χ0v) is 12.9. The van der Waals surface area contributed by atoms with Gasteiger partial charge >= 0.3 is 5.97 Å². The summed E-state index contributed by atoms with van der Waals surface area (Å²) in [6, 6.07) is 0. The number of rotatable bonds is 6. The van der Waals surface area contributed by atoms with E-state index < -0.39 is 0 Å². The molecule has 2 aromatic heterocycles. The van der Waals surface area contributed by atoms with E-state index in [0.29, 0.717) is 6.42 Å². The van der Waals surface area contributed by atoms with Crippen LogP contribution in [0, 0.1) is 5.41 Å². The van der Waals surface area contributed by atoms with Crippen LogP contribution in [0.25, 0.3) is 5.65 Å². The fourth-order valence-electron chi connectivity index (χ4n) is 2.27. The molecule has 0 unspecified atom stereocenters. The Labute approximate surface area is 127 Å². The number of hydrogen-bond acceptors (Lipinski definition) is 6. The lowest BCUT2D eigenvalue weighted by molar-refractivity contribution is -0.141. The molecule has 7 heteroatoms. The minimum atomic E-state index is -0.129. The van der Waals surface area contributed by atoms with Crippen molar-refractivity contribution in [1.82, 2.24) is 14.4 Å². The highest BCUT2D eigenvalue weighted by atomic mass is 32.2. The van der Waals surface area contributed by atoms with Crippen molar-refractivity contribution in [1.29, 1.82) is 0 Å². The lowest BCUT2D eigenvalue weighted by atomic mass is 10.1. The predicted molar refractivity (Wildman–Crippen MR) is 81.6 cm³/mol. The number of ether oxygens (including phenoxy) is 1. The highest BCUT2D eigenvalue weighted by Gasteiger charge is 2.44. The van der Waals surface area contributed by atoms with Gasteiger partial charge in [0.15, 0.2) is 5.65 Å². The molecular formula is C14H18N4O2S. The molecule has 0 amide bonds. The van der Waals surface area contributed by atoms with E-state index in [4.69, 9.17) is 4.74 Å². The van der Waals surface area contributed by atoms with E-state index in [9.17, 15) is 4.79 Å². The third-order valence-corrected chi connectivity index (χ3v) is 5.12. The number of anilines is 1. The molecule has 0 spiro atoms. The van der Waals surface area contributed by atoms with Gasteiger partial charge in [-0.15, -0.1) is 11.8 Å². The summed E-state index contributed by atoms with van der Waals surface area (Å²) in [5.41, 5.74) is 0.937. The van der Waals surface area contributed by atoms with Gasteiger partial charge in [-0.05, 0) is 18.3 Å². The third kappa shape index (κ3) is 2.97. The van der Waals surface area contributed by atoms with Gasteiger partial charge in [0.1, 0.15) is 10.8 Å². The Balaban J connectivity index is 1.76. The summed E-state index contributed by atoms with van der Waals surface area (Å²) in [6.45, 7) is 0. The van der Waals surface area contributed by atoms with Gasteiger partial charge in [0.2, 0.25) is 0 Å². The van der Waals surface area contributed by atoms with E-state index in [-0.39, 0.29) is 11.4 Å². The van der Waals surface area contributed by atoms with Crippen molar-refractivity contribution in [2.24, 2.45) is 5.41 Å². The Bertz CT molecular complexity index is 666. The quantitative estimate of drug-likeness (QED) is 0.652. The van der Waals surface area contributed by atoms with Crippen LogP contribution in [0.5, 0.6) is 0 Å². The molecule has 2 heterocycles. The van der Waals surface area contributed by atoms with Gasteiger partial charge in [-0.2, -0.15) is 0 Å². The normalized spacial score (nSPS) is 15.9. The molecule has 0 aromatic carbocycles. The van der Waals surface area contributed by atoms with E-state index in [2.05, 4.69) is 15.3 Å². The second-order valence-electron chi connectivity index (χ2n) is 5.38. The van der Waals surface area contributed by atoms with E-state index in [0.717, 1.165) is 35.1 Å². The molecule has 0 saturated heterocycles. The minimum absolute atomic E-state index is 0.0820. The van der Waals surface area contributed by atoms with Crippen molar-refractivity contribution in [3.63, 3.8) is 0 Å². The van der Waals surface area contributed by atoms with Crippen LogP contribution < -0.4 is 5.32 Å². The summed E-state index contributed by atoms with van der Waals surface area (Å²) in [4.78, 5) is 20.4. The van der Waals surface area contributed by atoms with Crippen molar-refractivity contribution in [3.8, 4) is 0 Å². The van der Waals surface area contributed by atoms with Gasteiger partial charge in [0.05, 0.1) is 19.7 Å². The van der Waals surface area contributed by atoms with Crippen LogP contribution in [0.2, 0.25) is 0 Å². The van der Waals surface area contributed by atoms with Crippen LogP contribution in [0.1, 0.15) is 19.3 Å². The Morgan fingerprint density at radius 1 is 1.57 bits per heavy atom. The van der Waals surface area contributed by atoms with Gasteiger partial charge in [0, 0.05) is 25.2 Å². The average molecular weight is 306 g/mol. The molecule has 1 saturated carbocycles. The van der Waals surface area contributed by atoms with E-state index in [1.807, 2.05) is 23.8 Å². The molecule has 0 atom stereocenters. The van der Waals surface area contributed by atoms with E-state index in [1.54, 1.807) is 18.0 Å². The summed E-state index contributed by atoms with van der Waals surface area (Å²) < 4.78 is 6.74. The molecule has 0 aliphatic heterocycles. The number of carbonyl (C=O) groups is 1. The smallest absolute Gasteiger partial charge is 0.306 e. The second-order valence-corrected chi connectivity index (χ2v) is 6.35. The van der Waals surface area contributed by atoms with Crippen molar-refractivity contribution < 1.29 is 9.53 Å². The molecule has 1 fully saturated rings. The molecule has 0 radical (unpaired) electrons. The first-order valence-corrected chi connectivity index (χ1v) is 7.85. The van der Waals surface area contributed by atoms with Crippen LogP contribution in [0.15, 0.2) is 23.6 Å². The topological polar surface area (TPSA) is 68.5 Å². The monoisotopic (exact) mass is 306 g/mol. The molecule has 1 aliphatic carbocycles. The lowest BCUT2D eigenvalue weighted by Gasteiger charge is -2.13. The summed E-state index contributed by atoms with van der Waals surface area (Å²) >= 11 is 1.66. The SMILES string of the molecule is CNc1cn2ccnc2c(SCC2(CC(=O)OC)CC2)n1. The summed E-state index contributed by atoms with van der Waals surface area (Å²) in [7, 11) is 3.29. The first-order chi connectivity index (χ1) is 10.2. The number of methoxy groups -OCH3 is 1. The standard InChI is InChI=1S/C14H18N4O2S/c1-15-10-8-18-6-5-16-12(18)13(17-10)21-9-14(3-4-14)7-11(19)20-2/h5-6,8,15H,3-4,7,9H2,1-2H3. The van der Waals surface area contributed by atoms with Crippen LogP contribution >= 0.6 is 11.8 Å². The van der Waals surface area contributed by atoms with E-state index >= 15 is 0 Å². The number of carbonyl (C=O) groups excluding carboxylic acids is 1. The van der Waals surface area contributed by atoms with Crippen molar-refractivity contribution >= 4 is 29.2 Å². The maximum atomic E-state index is 11.5. The molecule has 6 nitrogen and oxygen atoms in total. The molecule has 2 aromatic rings. The maximum Gasteiger partial charge on any atom is 0.306 e. The van der Waals surface area contributed by atoms with E-state index in [1.165, 1.54) is 7.11 Å². The van der Waals surface area contributed by atoms with Crippen LogP contribution in [0.4, 0.5) is 5.82 Å². The summed E-state index contributed by atoms with van der Waals surface area (Å²) in [5.74, 6) is 1.54. The van der Waals surface area contributed by atoms with Crippen molar-refractivity contribution in [3.05, 3.63) is 18.6 Å². The number of nitrogens with one attached hydrogen (secondary N) is 1. The Morgan fingerprint density at radius 2 is 2.38 bits per heavy atom. The highest BCUT2D eigenvalue weighted by molar-refractivity contribution is 7.99. The van der Waals surface area contributed by atoms with Crippen molar-refractivity contribution in [2.45, 2.75) is 24.3 Å². The molecule has 0 bridgehead atoms. The molecule has 1 aliphatic rings. The first kappa shape index (κ1) is 14.2. The van der Waals surface area contributed by atoms with Gasteiger partial charge in [-0.25, -0.2) is 9.97 Å². The van der Waals surface area contributed by atoms with Crippen LogP contribution in [-0.4, -0.2) is 40.2 Å².